The molecule has 0 aromatic heterocycles. The lowest BCUT2D eigenvalue weighted by Gasteiger charge is -2.27. The van der Waals surface area contributed by atoms with Gasteiger partial charge in [-0.05, 0) is 26.0 Å². The summed E-state index contributed by atoms with van der Waals surface area (Å²) >= 11 is 6.84. The van der Waals surface area contributed by atoms with Gasteiger partial charge in [-0.25, -0.2) is 0 Å². The van der Waals surface area contributed by atoms with Gasteiger partial charge in [0.05, 0.1) is 12.7 Å². The van der Waals surface area contributed by atoms with Crippen molar-refractivity contribution in [2.75, 3.05) is 14.2 Å². The Labute approximate surface area is 129 Å². The Morgan fingerprint density at radius 2 is 2.10 bits per heavy atom. The average Bonchev–Trinajstić information content (AvgIpc) is 2.58. The normalized spacial score (nSPS) is 22.2. The summed E-state index contributed by atoms with van der Waals surface area (Å²) < 4.78 is 6.72. The lowest BCUT2D eigenvalue weighted by atomic mass is 10.1. The molecule has 108 valence electrons. The molecule has 6 heteroatoms. The number of thioether (sulfide) groups is 1. The summed E-state index contributed by atoms with van der Waals surface area (Å²) in [7, 11) is 3.45. The second-order valence-corrected chi connectivity index (χ2v) is 7.48. The molecule has 2 rings (SSSR count). The molecule has 0 unspecified atom stereocenters. The van der Waals surface area contributed by atoms with Crippen LogP contribution in [0.25, 0.3) is 0 Å². The summed E-state index contributed by atoms with van der Waals surface area (Å²) in [5, 5.41) is 12.5. The van der Waals surface area contributed by atoms with Gasteiger partial charge in [-0.3, -0.25) is 0 Å². The Bertz CT molecular complexity index is 558. The van der Waals surface area contributed by atoms with Gasteiger partial charge in [0, 0.05) is 7.05 Å². The Kier molecular flexibility index (Phi) is 4.25. The van der Waals surface area contributed by atoms with Gasteiger partial charge in [0.25, 0.3) is 6.17 Å². The topological polar surface area (TPSA) is 38.5 Å². The van der Waals surface area contributed by atoms with Crippen LogP contribution < -0.4 is 4.74 Å². The first kappa shape index (κ1) is 15.1. The molecule has 0 saturated carbocycles. The fourth-order valence-corrected chi connectivity index (χ4v) is 4.18. The lowest BCUT2D eigenvalue weighted by molar-refractivity contribution is -0.522. The van der Waals surface area contributed by atoms with Crippen molar-refractivity contribution in [2.45, 2.75) is 24.8 Å². The van der Waals surface area contributed by atoms with Crippen LogP contribution in [0.4, 0.5) is 0 Å². The van der Waals surface area contributed by atoms with Crippen LogP contribution in [-0.2, 0) is 0 Å². The Hall–Kier alpha value is -1.27. The van der Waals surface area contributed by atoms with E-state index in [1.165, 1.54) is 0 Å². The molecule has 1 heterocycles. The maximum absolute atomic E-state index is 12.5. The fraction of sp³-hybridized carbons (Fsp3) is 0.429. The molecule has 0 bridgehead atoms. The van der Waals surface area contributed by atoms with Gasteiger partial charge in [0.1, 0.15) is 14.8 Å². The summed E-state index contributed by atoms with van der Waals surface area (Å²) in [4.78, 5) is 1.85. The zero-order valence-electron chi connectivity index (χ0n) is 12.0. The van der Waals surface area contributed by atoms with Crippen molar-refractivity contribution in [1.29, 1.82) is 0 Å². The summed E-state index contributed by atoms with van der Waals surface area (Å²) in [6.07, 6.45) is 1.24. The number of ether oxygens (including phenoxy) is 1. The molecule has 20 heavy (non-hydrogen) atoms. The van der Waals surface area contributed by atoms with Crippen molar-refractivity contribution in [3.8, 4) is 5.75 Å². The fourth-order valence-electron chi connectivity index (χ4n) is 2.37. The SMILES string of the molecule is COc1ccccc1/C=[N+](\[O-])[C@H]1N(C)C(=S)SC1(C)C. The van der Waals surface area contributed by atoms with E-state index in [-0.39, 0.29) is 10.9 Å². The minimum Gasteiger partial charge on any atom is -0.622 e. The van der Waals surface area contributed by atoms with Crippen molar-refractivity contribution < 1.29 is 9.48 Å². The molecule has 1 aliphatic heterocycles. The van der Waals surface area contributed by atoms with Crippen LogP contribution in [0, 0.1) is 5.21 Å². The van der Waals surface area contributed by atoms with Crippen LogP contribution in [0.15, 0.2) is 24.3 Å². The Balaban J connectivity index is 2.37. The van der Waals surface area contributed by atoms with Crippen molar-refractivity contribution in [1.82, 2.24) is 4.90 Å². The number of hydrogen-bond acceptors (Lipinski definition) is 4. The molecule has 1 aromatic carbocycles. The second kappa shape index (κ2) is 5.61. The number of para-hydroxylation sites is 1. The highest BCUT2D eigenvalue weighted by molar-refractivity contribution is 8.24. The monoisotopic (exact) mass is 310 g/mol. The van der Waals surface area contributed by atoms with Crippen LogP contribution in [0.2, 0.25) is 0 Å². The van der Waals surface area contributed by atoms with E-state index in [2.05, 4.69) is 0 Å². The number of hydrogen-bond donors (Lipinski definition) is 0. The Morgan fingerprint density at radius 1 is 1.45 bits per heavy atom. The maximum atomic E-state index is 12.5. The molecule has 1 saturated heterocycles. The van der Waals surface area contributed by atoms with E-state index < -0.39 is 0 Å². The quantitative estimate of drug-likeness (QED) is 0.282. The van der Waals surface area contributed by atoms with Gasteiger partial charge < -0.3 is 14.8 Å². The number of rotatable bonds is 3. The van der Waals surface area contributed by atoms with E-state index in [0.717, 1.165) is 14.6 Å². The third kappa shape index (κ3) is 2.76. The van der Waals surface area contributed by atoms with E-state index in [1.54, 1.807) is 25.1 Å². The van der Waals surface area contributed by atoms with Crippen molar-refractivity contribution >= 4 is 34.5 Å². The molecule has 1 aliphatic rings. The first-order valence-corrected chi connectivity index (χ1v) is 7.48. The summed E-state index contributed by atoms with van der Waals surface area (Å²) in [5.74, 6) is 0.682. The number of methoxy groups -OCH3 is 1. The third-order valence-electron chi connectivity index (χ3n) is 3.27. The number of benzene rings is 1. The van der Waals surface area contributed by atoms with Gasteiger partial charge in [-0.2, -0.15) is 4.74 Å². The highest BCUT2D eigenvalue weighted by Crippen LogP contribution is 2.40. The third-order valence-corrected chi connectivity index (χ3v) is 5.01. The van der Waals surface area contributed by atoms with E-state index in [1.807, 2.05) is 50.1 Å². The first-order valence-electron chi connectivity index (χ1n) is 6.26. The van der Waals surface area contributed by atoms with Crippen LogP contribution in [0.5, 0.6) is 5.75 Å². The summed E-state index contributed by atoms with van der Waals surface area (Å²) in [6, 6.07) is 7.45. The average molecular weight is 310 g/mol. The predicted molar refractivity (Wildman–Crippen MR) is 87.6 cm³/mol. The molecule has 4 nitrogen and oxygen atoms in total. The number of thiocarbonyl (C=S) groups is 1. The molecule has 1 fully saturated rings. The molecule has 0 amide bonds. The van der Waals surface area contributed by atoms with Crippen molar-refractivity contribution in [2.24, 2.45) is 0 Å². The molecule has 1 aromatic rings. The zero-order valence-corrected chi connectivity index (χ0v) is 13.6. The van der Waals surface area contributed by atoms with Gasteiger partial charge >= 0.3 is 0 Å². The maximum Gasteiger partial charge on any atom is 0.254 e. The minimum absolute atomic E-state index is 0.258. The summed E-state index contributed by atoms with van der Waals surface area (Å²) in [5.41, 5.74) is 0.761. The van der Waals surface area contributed by atoms with E-state index >= 15 is 0 Å². The van der Waals surface area contributed by atoms with Crippen LogP contribution in [-0.4, -0.2) is 45.2 Å². The Morgan fingerprint density at radius 3 is 2.65 bits per heavy atom. The second-order valence-electron chi connectivity index (χ2n) is 5.19. The summed E-state index contributed by atoms with van der Waals surface area (Å²) in [6.45, 7) is 4.05. The first-order chi connectivity index (χ1) is 9.36. The van der Waals surface area contributed by atoms with Crippen molar-refractivity contribution in [3.63, 3.8) is 0 Å². The predicted octanol–water partition coefficient (Wildman–Crippen LogP) is 2.69. The van der Waals surface area contributed by atoms with Crippen LogP contribution in [0.3, 0.4) is 0 Å². The van der Waals surface area contributed by atoms with Crippen LogP contribution in [0.1, 0.15) is 19.4 Å². The molecule has 0 aliphatic carbocycles. The molecular weight excluding hydrogens is 292 g/mol. The van der Waals surface area contributed by atoms with Gasteiger partial charge in [0.2, 0.25) is 0 Å². The largest absolute Gasteiger partial charge is 0.622 e. The number of nitrogens with zero attached hydrogens (tertiary/aromatic N) is 2. The highest BCUT2D eigenvalue weighted by Gasteiger charge is 2.48. The molecule has 1 atom stereocenters. The van der Waals surface area contributed by atoms with Gasteiger partial charge in [-0.15, -0.1) is 0 Å². The van der Waals surface area contributed by atoms with E-state index in [0.29, 0.717) is 5.75 Å². The number of hydroxylamine groups is 1. The standard InChI is InChI=1S/C14H18N2O2S2/c1-14(2)12(15(3)13(19)20-14)16(17)9-10-7-5-6-8-11(10)18-4/h5-9,12H,1-4H3/b16-9-/t12-/m1/s1. The molecular formula is C14H18N2O2S2. The molecule has 0 N–H and O–H groups in total. The minimum atomic E-state index is -0.329. The van der Waals surface area contributed by atoms with E-state index in [4.69, 9.17) is 17.0 Å². The molecule has 0 spiro atoms. The van der Waals surface area contributed by atoms with Gasteiger partial charge in [0.15, 0.2) is 6.21 Å². The zero-order chi connectivity index (χ0) is 14.9. The molecule has 0 radical (unpaired) electrons. The van der Waals surface area contributed by atoms with E-state index in [9.17, 15) is 5.21 Å². The lowest BCUT2D eigenvalue weighted by Crippen LogP contribution is -2.46. The van der Waals surface area contributed by atoms with Crippen LogP contribution >= 0.6 is 24.0 Å². The highest BCUT2D eigenvalue weighted by atomic mass is 32.2. The smallest absolute Gasteiger partial charge is 0.254 e. The van der Waals surface area contributed by atoms with Gasteiger partial charge in [-0.1, -0.05) is 36.1 Å². The van der Waals surface area contributed by atoms with Crippen molar-refractivity contribution in [3.05, 3.63) is 35.0 Å².